The summed E-state index contributed by atoms with van der Waals surface area (Å²) in [5, 5.41) is 0. The summed E-state index contributed by atoms with van der Waals surface area (Å²) in [7, 11) is -3.66. The number of ether oxygens (including phenoxy) is 2. The van der Waals surface area contributed by atoms with E-state index in [1.807, 2.05) is 13.8 Å². The zero-order valence-electron chi connectivity index (χ0n) is 15.0. The second kappa shape index (κ2) is 7.65. The molecule has 146 valence electrons. The number of morpholine rings is 1. The highest BCUT2D eigenvalue weighted by molar-refractivity contribution is 7.90. The van der Waals surface area contributed by atoms with Crippen LogP contribution in [0, 0.1) is 0 Å². The highest BCUT2D eigenvalue weighted by atomic mass is 32.2. The largest absolute Gasteiger partial charge is 0.454 e. The second-order valence-electron chi connectivity index (χ2n) is 6.48. The Morgan fingerprint density at radius 3 is 2.63 bits per heavy atom. The van der Waals surface area contributed by atoms with Crippen LogP contribution in [0.2, 0.25) is 0 Å². The average Bonchev–Trinajstić information content (AvgIpc) is 2.88. The van der Waals surface area contributed by atoms with Gasteiger partial charge in [-0.1, -0.05) is 12.1 Å². The van der Waals surface area contributed by atoms with E-state index in [1.165, 1.54) is 6.07 Å². The minimum Gasteiger partial charge on any atom is -0.454 e. The lowest BCUT2D eigenvalue weighted by molar-refractivity contribution is -0.156. The molecule has 0 spiro atoms. The molecule has 1 N–H and O–H groups in total. The van der Waals surface area contributed by atoms with Crippen molar-refractivity contribution >= 4 is 27.7 Å². The molecule has 0 aliphatic carbocycles. The van der Waals surface area contributed by atoms with Crippen molar-refractivity contribution in [1.82, 2.24) is 9.62 Å². The third-order valence-corrected chi connectivity index (χ3v) is 5.56. The van der Waals surface area contributed by atoms with Crippen LogP contribution in [0.4, 0.5) is 0 Å². The summed E-state index contributed by atoms with van der Waals surface area (Å²) in [5.41, 5.74) is 0.401. The van der Waals surface area contributed by atoms with Crippen LogP contribution in [-0.4, -0.2) is 69.5 Å². The number of amidine groups is 1. The Kier molecular flexibility index (Phi) is 5.47. The minimum atomic E-state index is -3.66. The number of sulfonamides is 1. The van der Waals surface area contributed by atoms with E-state index in [2.05, 4.69) is 9.71 Å². The molecule has 9 nitrogen and oxygen atoms in total. The van der Waals surface area contributed by atoms with Crippen LogP contribution in [0.25, 0.3) is 0 Å². The van der Waals surface area contributed by atoms with E-state index in [9.17, 15) is 18.0 Å². The molecular formula is C17H21N3O6S. The molecule has 2 atom stereocenters. The number of hydrogen-bond acceptors (Lipinski definition) is 7. The number of rotatable bonds is 4. The van der Waals surface area contributed by atoms with Gasteiger partial charge in [-0.15, -0.1) is 0 Å². The standard InChI is InChI=1S/C17H21N3O6S/c1-11-8-20(9-12(2)26-11)15(21)10-25-16(22)7-18-17-13-5-3-4-6-14(13)27(23,24)19-17/h3-6,11-12H,7-10H2,1-2H3,(H,18,19)/t11-,12+. The van der Waals surface area contributed by atoms with Gasteiger partial charge >= 0.3 is 5.97 Å². The topological polar surface area (TPSA) is 114 Å². The fourth-order valence-electron chi connectivity index (χ4n) is 3.06. The first-order valence-corrected chi connectivity index (χ1v) is 10.00. The molecule has 1 aromatic carbocycles. The number of benzene rings is 1. The Bertz CT molecular complexity index is 872. The molecule has 10 heteroatoms. The number of fused-ring (bicyclic) bond motifs is 1. The normalized spacial score (nSPS) is 25.0. The molecule has 27 heavy (non-hydrogen) atoms. The molecule has 2 aliphatic rings. The van der Waals surface area contributed by atoms with Gasteiger partial charge in [0.1, 0.15) is 12.4 Å². The van der Waals surface area contributed by atoms with Crippen LogP contribution in [0.15, 0.2) is 34.2 Å². The van der Waals surface area contributed by atoms with Crippen molar-refractivity contribution in [1.29, 1.82) is 0 Å². The lowest BCUT2D eigenvalue weighted by atomic mass is 10.2. The number of nitrogens with one attached hydrogen (secondary N) is 1. The van der Waals surface area contributed by atoms with E-state index in [0.717, 1.165) is 0 Å². The van der Waals surface area contributed by atoms with Crippen molar-refractivity contribution in [3.05, 3.63) is 29.8 Å². The summed E-state index contributed by atoms with van der Waals surface area (Å²) in [6.07, 6.45) is -0.148. The molecule has 1 fully saturated rings. The number of nitrogens with zero attached hydrogens (tertiary/aromatic N) is 2. The van der Waals surface area contributed by atoms with E-state index in [0.29, 0.717) is 18.7 Å². The molecule has 1 aromatic rings. The number of amides is 1. The van der Waals surface area contributed by atoms with Crippen LogP contribution in [0.1, 0.15) is 19.4 Å². The highest BCUT2D eigenvalue weighted by Crippen LogP contribution is 2.22. The number of carbonyl (C=O) groups is 2. The van der Waals surface area contributed by atoms with Crippen LogP contribution >= 0.6 is 0 Å². The Morgan fingerprint density at radius 2 is 1.93 bits per heavy atom. The Hall–Kier alpha value is -2.46. The zero-order chi connectivity index (χ0) is 19.6. The first-order chi connectivity index (χ1) is 12.8. The third-order valence-electron chi connectivity index (χ3n) is 4.16. The molecule has 0 saturated carbocycles. The van der Waals surface area contributed by atoms with Crippen LogP contribution in [-0.2, 0) is 29.1 Å². The van der Waals surface area contributed by atoms with Crippen molar-refractivity contribution < 1.29 is 27.5 Å². The summed E-state index contributed by atoms with van der Waals surface area (Å²) >= 11 is 0. The first-order valence-electron chi connectivity index (χ1n) is 8.52. The lowest BCUT2D eigenvalue weighted by Gasteiger charge is -2.35. The first kappa shape index (κ1) is 19.3. The van der Waals surface area contributed by atoms with Crippen molar-refractivity contribution in [2.75, 3.05) is 26.2 Å². The van der Waals surface area contributed by atoms with Gasteiger partial charge in [0.05, 0.1) is 17.1 Å². The molecule has 0 radical (unpaired) electrons. The van der Waals surface area contributed by atoms with E-state index in [-0.39, 0.29) is 35.5 Å². The summed E-state index contributed by atoms with van der Waals surface area (Å²) in [4.78, 5) is 29.7. The zero-order valence-corrected chi connectivity index (χ0v) is 15.9. The van der Waals surface area contributed by atoms with Gasteiger partial charge in [0.15, 0.2) is 6.61 Å². The summed E-state index contributed by atoms with van der Waals surface area (Å²) in [6.45, 7) is 3.86. The van der Waals surface area contributed by atoms with E-state index >= 15 is 0 Å². The van der Waals surface area contributed by atoms with Crippen LogP contribution in [0.5, 0.6) is 0 Å². The van der Waals surface area contributed by atoms with Gasteiger partial charge < -0.3 is 14.4 Å². The predicted molar refractivity (Wildman–Crippen MR) is 95.7 cm³/mol. The monoisotopic (exact) mass is 395 g/mol. The van der Waals surface area contributed by atoms with Gasteiger partial charge in [0.25, 0.3) is 15.9 Å². The molecule has 3 rings (SSSR count). The minimum absolute atomic E-state index is 0.0738. The number of hydrogen-bond donors (Lipinski definition) is 1. The van der Waals surface area contributed by atoms with Crippen molar-refractivity contribution in [3.63, 3.8) is 0 Å². The Labute approximate surface area is 157 Å². The molecule has 0 bridgehead atoms. The molecule has 0 unspecified atom stereocenters. The van der Waals surface area contributed by atoms with E-state index in [1.54, 1.807) is 23.1 Å². The van der Waals surface area contributed by atoms with Crippen molar-refractivity contribution in [2.45, 2.75) is 31.0 Å². The molecule has 2 aliphatic heterocycles. The molecule has 1 amide bonds. The highest BCUT2D eigenvalue weighted by Gasteiger charge is 2.30. The van der Waals surface area contributed by atoms with Gasteiger partial charge in [0, 0.05) is 18.7 Å². The van der Waals surface area contributed by atoms with Gasteiger partial charge in [-0.2, -0.15) is 0 Å². The van der Waals surface area contributed by atoms with Gasteiger partial charge in [0.2, 0.25) is 0 Å². The predicted octanol–water partition coefficient (Wildman–Crippen LogP) is -0.0959. The number of esters is 1. The van der Waals surface area contributed by atoms with Crippen LogP contribution in [0.3, 0.4) is 0 Å². The number of aliphatic imine (C=N–C) groups is 1. The fourth-order valence-corrected chi connectivity index (χ4v) is 4.31. The maximum atomic E-state index is 12.2. The fraction of sp³-hybridized carbons (Fsp3) is 0.471. The van der Waals surface area contributed by atoms with E-state index < -0.39 is 22.5 Å². The molecule has 0 aromatic heterocycles. The summed E-state index contributed by atoms with van der Waals surface area (Å²) < 4.78 is 36.8. The van der Waals surface area contributed by atoms with Gasteiger partial charge in [-0.25, -0.2) is 8.42 Å². The lowest BCUT2D eigenvalue weighted by Crippen LogP contribution is -2.49. The quantitative estimate of drug-likeness (QED) is 0.713. The van der Waals surface area contributed by atoms with Crippen molar-refractivity contribution in [2.24, 2.45) is 4.99 Å². The maximum absolute atomic E-state index is 12.2. The third kappa shape index (κ3) is 4.45. The summed E-state index contributed by atoms with van der Waals surface area (Å²) in [5.74, 6) is -0.927. The molecule has 2 heterocycles. The SMILES string of the molecule is C[C@@H]1CN(C(=O)COC(=O)CN=C2NS(=O)(=O)c3ccccc32)C[C@H](C)O1. The Balaban J connectivity index is 1.55. The van der Waals surface area contributed by atoms with E-state index in [4.69, 9.17) is 9.47 Å². The van der Waals surface area contributed by atoms with Crippen LogP contribution < -0.4 is 4.72 Å². The molecular weight excluding hydrogens is 374 g/mol. The smallest absolute Gasteiger partial charge is 0.328 e. The molecule has 1 saturated heterocycles. The van der Waals surface area contributed by atoms with Gasteiger partial charge in [-0.3, -0.25) is 19.3 Å². The second-order valence-corrected chi connectivity index (χ2v) is 8.13. The Morgan fingerprint density at radius 1 is 1.26 bits per heavy atom. The number of carbonyl (C=O) groups excluding carboxylic acids is 2. The average molecular weight is 395 g/mol. The van der Waals surface area contributed by atoms with Crippen molar-refractivity contribution in [3.8, 4) is 0 Å². The maximum Gasteiger partial charge on any atom is 0.328 e. The van der Waals surface area contributed by atoms with Gasteiger partial charge in [-0.05, 0) is 26.0 Å². The summed E-state index contributed by atoms with van der Waals surface area (Å²) in [6, 6.07) is 6.34.